The monoisotopic (exact) mass is 211 g/mol. The van der Waals surface area contributed by atoms with E-state index < -0.39 is 12.6 Å². The molecule has 2 nitrogen and oxygen atoms in total. The van der Waals surface area contributed by atoms with Crippen LogP contribution < -0.4 is 0 Å². The molecule has 1 aliphatic rings. The van der Waals surface area contributed by atoms with E-state index in [9.17, 15) is 13.2 Å². The summed E-state index contributed by atoms with van der Waals surface area (Å²) in [5, 5.41) is 8.93. The molecule has 1 N–H and O–H groups in total. The summed E-state index contributed by atoms with van der Waals surface area (Å²) >= 11 is 0. The molecule has 1 heterocycles. The van der Waals surface area contributed by atoms with Crippen LogP contribution in [-0.2, 0) is 0 Å². The molecule has 5 heteroatoms. The summed E-state index contributed by atoms with van der Waals surface area (Å²) in [7, 11) is 0. The van der Waals surface area contributed by atoms with Gasteiger partial charge in [0, 0.05) is 12.5 Å². The Bertz CT molecular complexity index is 172. The fourth-order valence-corrected chi connectivity index (χ4v) is 1.88. The normalized spacial score (nSPS) is 24.4. The predicted molar refractivity (Wildman–Crippen MR) is 47.0 cm³/mol. The molecule has 0 aromatic rings. The molecular weight excluding hydrogens is 195 g/mol. The molecule has 0 unspecified atom stereocenters. The maximum atomic E-state index is 11.8. The summed E-state index contributed by atoms with van der Waals surface area (Å²) < 4.78 is 35.5. The van der Waals surface area contributed by atoms with Gasteiger partial charge in [0.05, 0.1) is 6.61 Å². The SMILES string of the molecule is OC[C@H]1CCCN1CCCC(F)(F)F. The number of aliphatic hydroxyl groups is 1. The maximum absolute atomic E-state index is 11.8. The molecule has 1 fully saturated rings. The minimum absolute atomic E-state index is 0.0615. The van der Waals surface area contributed by atoms with Crippen LogP contribution in [0.4, 0.5) is 13.2 Å². The summed E-state index contributed by atoms with van der Waals surface area (Å²) in [6, 6.07) is 0.0863. The quantitative estimate of drug-likeness (QED) is 0.766. The first-order valence-electron chi connectivity index (χ1n) is 4.94. The zero-order valence-electron chi connectivity index (χ0n) is 8.06. The van der Waals surface area contributed by atoms with Gasteiger partial charge in [-0.05, 0) is 32.4 Å². The van der Waals surface area contributed by atoms with E-state index in [-0.39, 0.29) is 19.1 Å². The van der Waals surface area contributed by atoms with Crippen molar-refractivity contribution in [2.75, 3.05) is 19.7 Å². The molecule has 0 radical (unpaired) electrons. The van der Waals surface area contributed by atoms with Crippen LogP contribution in [0.25, 0.3) is 0 Å². The molecule has 0 amide bonds. The van der Waals surface area contributed by atoms with Gasteiger partial charge in [0.1, 0.15) is 0 Å². The second-order valence-corrected chi connectivity index (χ2v) is 3.73. The number of nitrogens with zero attached hydrogens (tertiary/aromatic N) is 1. The molecule has 1 rings (SSSR count). The van der Waals surface area contributed by atoms with E-state index in [1.54, 1.807) is 0 Å². The molecule has 1 aliphatic heterocycles. The van der Waals surface area contributed by atoms with Crippen molar-refractivity contribution in [1.82, 2.24) is 4.90 Å². The Morgan fingerprint density at radius 3 is 2.64 bits per heavy atom. The Labute approximate surface area is 81.7 Å². The molecule has 0 aromatic carbocycles. The van der Waals surface area contributed by atoms with Crippen LogP contribution in [-0.4, -0.2) is 41.9 Å². The molecule has 0 bridgehead atoms. The van der Waals surface area contributed by atoms with Crippen molar-refractivity contribution in [2.45, 2.75) is 37.9 Å². The van der Waals surface area contributed by atoms with Crippen LogP contribution in [0.5, 0.6) is 0 Å². The van der Waals surface area contributed by atoms with Crippen LogP contribution in [0, 0.1) is 0 Å². The highest BCUT2D eigenvalue weighted by atomic mass is 19.4. The highest BCUT2D eigenvalue weighted by Gasteiger charge is 2.28. The van der Waals surface area contributed by atoms with Gasteiger partial charge < -0.3 is 5.11 Å². The Balaban J connectivity index is 2.18. The van der Waals surface area contributed by atoms with Gasteiger partial charge in [-0.3, -0.25) is 4.90 Å². The summed E-state index contributed by atoms with van der Waals surface area (Å²) in [5.74, 6) is 0. The first-order chi connectivity index (χ1) is 6.53. The van der Waals surface area contributed by atoms with Crippen LogP contribution >= 0.6 is 0 Å². The van der Waals surface area contributed by atoms with Gasteiger partial charge in [-0.1, -0.05) is 0 Å². The second-order valence-electron chi connectivity index (χ2n) is 3.73. The van der Waals surface area contributed by atoms with Crippen LogP contribution in [0.15, 0.2) is 0 Å². The number of hydrogen-bond donors (Lipinski definition) is 1. The Hall–Kier alpha value is -0.290. The van der Waals surface area contributed by atoms with Crippen molar-refractivity contribution in [3.05, 3.63) is 0 Å². The lowest BCUT2D eigenvalue weighted by molar-refractivity contribution is -0.136. The van der Waals surface area contributed by atoms with E-state index in [1.807, 2.05) is 4.90 Å². The van der Waals surface area contributed by atoms with Gasteiger partial charge in [-0.25, -0.2) is 0 Å². The summed E-state index contributed by atoms with van der Waals surface area (Å²) in [5.41, 5.74) is 0. The predicted octanol–water partition coefficient (Wildman–Crippen LogP) is 1.79. The third-order valence-electron chi connectivity index (χ3n) is 2.62. The summed E-state index contributed by atoms with van der Waals surface area (Å²) in [6.07, 6.45) is -2.74. The average molecular weight is 211 g/mol. The van der Waals surface area contributed by atoms with E-state index in [0.29, 0.717) is 6.54 Å². The molecular formula is C9H16F3NO. The maximum Gasteiger partial charge on any atom is 0.389 e. The van der Waals surface area contributed by atoms with Crippen LogP contribution in [0.1, 0.15) is 25.7 Å². The number of aliphatic hydroxyl groups excluding tert-OH is 1. The molecule has 84 valence electrons. The van der Waals surface area contributed by atoms with E-state index in [4.69, 9.17) is 5.11 Å². The van der Waals surface area contributed by atoms with E-state index >= 15 is 0 Å². The molecule has 1 saturated heterocycles. The number of rotatable bonds is 4. The molecule has 0 aliphatic carbocycles. The molecule has 0 aromatic heterocycles. The molecule has 0 saturated carbocycles. The van der Waals surface area contributed by atoms with Crippen molar-refractivity contribution in [1.29, 1.82) is 0 Å². The van der Waals surface area contributed by atoms with Gasteiger partial charge in [0.15, 0.2) is 0 Å². The van der Waals surface area contributed by atoms with Crippen molar-refractivity contribution in [2.24, 2.45) is 0 Å². The topological polar surface area (TPSA) is 23.5 Å². The van der Waals surface area contributed by atoms with Gasteiger partial charge in [-0.15, -0.1) is 0 Å². The summed E-state index contributed by atoms with van der Waals surface area (Å²) in [6.45, 7) is 1.33. The van der Waals surface area contributed by atoms with E-state index in [0.717, 1.165) is 19.4 Å². The Morgan fingerprint density at radius 1 is 1.36 bits per heavy atom. The number of hydrogen-bond acceptors (Lipinski definition) is 2. The van der Waals surface area contributed by atoms with Crippen molar-refractivity contribution in [3.63, 3.8) is 0 Å². The van der Waals surface area contributed by atoms with Gasteiger partial charge >= 0.3 is 6.18 Å². The second kappa shape index (κ2) is 4.98. The van der Waals surface area contributed by atoms with Crippen LogP contribution in [0.3, 0.4) is 0 Å². The molecule has 0 spiro atoms. The first kappa shape index (κ1) is 11.8. The Kier molecular flexibility index (Phi) is 4.19. The van der Waals surface area contributed by atoms with Crippen LogP contribution in [0.2, 0.25) is 0 Å². The Morgan fingerprint density at radius 2 is 2.07 bits per heavy atom. The van der Waals surface area contributed by atoms with Gasteiger partial charge in [0.2, 0.25) is 0 Å². The van der Waals surface area contributed by atoms with E-state index in [2.05, 4.69) is 0 Å². The minimum atomic E-state index is -4.05. The van der Waals surface area contributed by atoms with E-state index in [1.165, 1.54) is 0 Å². The lowest BCUT2D eigenvalue weighted by Gasteiger charge is -2.22. The van der Waals surface area contributed by atoms with Gasteiger partial charge in [0.25, 0.3) is 0 Å². The van der Waals surface area contributed by atoms with Crippen molar-refractivity contribution < 1.29 is 18.3 Å². The number of halogens is 3. The molecule has 14 heavy (non-hydrogen) atoms. The number of alkyl halides is 3. The van der Waals surface area contributed by atoms with Crippen molar-refractivity contribution >= 4 is 0 Å². The average Bonchev–Trinajstić information content (AvgIpc) is 2.49. The zero-order chi connectivity index (χ0) is 10.6. The summed E-state index contributed by atoms with van der Waals surface area (Å²) in [4.78, 5) is 1.95. The first-order valence-corrected chi connectivity index (χ1v) is 4.94. The van der Waals surface area contributed by atoms with Gasteiger partial charge in [-0.2, -0.15) is 13.2 Å². The lowest BCUT2D eigenvalue weighted by atomic mass is 10.2. The minimum Gasteiger partial charge on any atom is -0.395 e. The zero-order valence-corrected chi connectivity index (χ0v) is 8.06. The third-order valence-corrected chi connectivity index (χ3v) is 2.62. The highest BCUT2D eigenvalue weighted by Crippen LogP contribution is 2.23. The lowest BCUT2D eigenvalue weighted by Crippen LogP contribution is -2.33. The third kappa shape index (κ3) is 3.84. The highest BCUT2D eigenvalue weighted by molar-refractivity contribution is 4.78. The molecule has 1 atom stereocenters. The fraction of sp³-hybridized carbons (Fsp3) is 1.00. The fourth-order valence-electron chi connectivity index (χ4n) is 1.88. The number of likely N-dealkylation sites (tertiary alicyclic amines) is 1. The standard InChI is InChI=1S/C9H16F3NO/c10-9(11,12)4-2-6-13-5-1-3-8(13)7-14/h8,14H,1-7H2/t8-/m1/s1. The smallest absolute Gasteiger partial charge is 0.389 e. The largest absolute Gasteiger partial charge is 0.395 e. The van der Waals surface area contributed by atoms with Crippen molar-refractivity contribution in [3.8, 4) is 0 Å².